The molecule has 7 heteroatoms. The van der Waals surface area contributed by atoms with Crippen molar-refractivity contribution in [2.75, 3.05) is 19.0 Å². The Morgan fingerprint density at radius 1 is 1.03 bits per heavy atom. The summed E-state index contributed by atoms with van der Waals surface area (Å²) in [6.07, 6.45) is 3.71. The highest BCUT2D eigenvalue weighted by atomic mass is 16.5. The Morgan fingerprint density at radius 2 is 1.78 bits per heavy atom. The number of amides is 2. The van der Waals surface area contributed by atoms with Crippen LogP contribution in [0.4, 0.5) is 5.95 Å². The summed E-state index contributed by atoms with van der Waals surface area (Å²) < 4.78 is 7.07. The molecule has 3 aromatic carbocycles. The van der Waals surface area contributed by atoms with Crippen molar-refractivity contribution in [1.29, 1.82) is 0 Å². The fourth-order valence-corrected chi connectivity index (χ4v) is 4.16. The van der Waals surface area contributed by atoms with Gasteiger partial charge in [0, 0.05) is 29.1 Å². The second kappa shape index (κ2) is 10.1. The third-order valence-corrected chi connectivity index (χ3v) is 6.21. The van der Waals surface area contributed by atoms with E-state index >= 15 is 0 Å². The molecular formula is C29H28N4O3. The molecule has 36 heavy (non-hydrogen) atoms. The first-order valence-corrected chi connectivity index (χ1v) is 12.0. The molecule has 1 aliphatic carbocycles. The minimum absolute atomic E-state index is 0.0448. The van der Waals surface area contributed by atoms with Gasteiger partial charge in [-0.15, -0.1) is 0 Å². The number of aryl methyl sites for hydroxylation is 1. The summed E-state index contributed by atoms with van der Waals surface area (Å²) in [4.78, 5) is 32.8. The Balaban J connectivity index is 1.39. The number of aromatic nitrogens is 2. The predicted octanol–water partition coefficient (Wildman–Crippen LogP) is 5.10. The molecule has 0 unspecified atom stereocenters. The second-order valence-corrected chi connectivity index (χ2v) is 8.97. The molecular weight excluding hydrogens is 452 g/mol. The van der Waals surface area contributed by atoms with Crippen molar-refractivity contribution in [3.05, 3.63) is 96.2 Å². The molecule has 2 amide bonds. The van der Waals surface area contributed by atoms with Crippen LogP contribution in [-0.4, -0.2) is 46.0 Å². The number of hydrogen-bond acceptors (Lipinski definition) is 4. The lowest BCUT2D eigenvalue weighted by molar-refractivity contribution is -0.117. The summed E-state index contributed by atoms with van der Waals surface area (Å²) >= 11 is 0. The summed E-state index contributed by atoms with van der Waals surface area (Å²) in [5, 5.41) is 2.96. The van der Waals surface area contributed by atoms with Gasteiger partial charge in [-0.2, -0.15) is 0 Å². The van der Waals surface area contributed by atoms with Crippen molar-refractivity contribution in [3.63, 3.8) is 0 Å². The highest BCUT2D eigenvalue weighted by Gasteiger charge is 2.34. The maximum absolute atomic E-state index is 13.2. The summed E-state index contributed by atoms with van der Waals surface area (Å²) in [6, 6.07) is 24.9. The largest absolute Gasteiger partial charge is 0.497 e. The molecule has 4 aromatic rings. The smallest absolute Gasteiger partial charge is 0.254 e. The average Bonchev–Trinajstić information content (AvgIpc) is 3.67. The van der Waals surface area contributed by atoms with Crippen molar-refractivity contribution in [2.24, 2.45) is 0 Å². The lowest BCUT2D eigenvalue weighted by Gasteiger charge is -2.22. The molecule has 0 saturated heterocycles. The van der Waals surface area contributed by atoms with E-state index in [1.807, 2.05) is 72.3 Å². The van der Waals surface area contributed by atoms with Gasteiger partial charge in [0.15, 0.2) is 0 Å². The molecule has 0 aliphatic heterocycles. The molecule has 5 rings (SSSR count). The van der Waals surface area contributed by atoms with E-state index in [9.17, 15) is 9.59 Å². The fraction of sp³-hybridized carbons (Fsp3) is 0.207. The molecule has 182 valence electrons. The number of hydrogen-bond donors (Lipinski definition) is 1. The first kappa shape index (κ1) is 23.4. The Morgan fingerprint density at radius 3 is 2.44 bits per heavy atom. The number of methoxy groups -OCH3 is 1. The molecule has 0 spiro atoms. The van der Waals surface area contributed by atoms with Gasteiger partial charge in [0.05, 0.1) is 12.8 Å². The molecule has 7 nitrogen and oxygen atoms in total. The number of ether oxygens (including phenoxy) is 1. The van der Waals surface area contributed by atoms with Crippen LogP contribution in [0.25, 0.3) is 16.9 Å². The highest BCUT2D eigenvalue weighted by molar-refractivity contribution is 5.99. The van der Waals surface area contributed by atoms with Gasteiger partial charge < -0.3 is 9.64 Å². The molecule has 0 atom stereocenters. The maximum Gasteiger partial charge on any atom is 0.254 e. The Labute approximate surface area is 210 Å². The van der Waals surface area contributed by atoms with Crippen molar-refractivity contribution in [1.82, 2.24) is 14.5 Å². The lowest BCUT2D eigenvalue weighted by atomic mass is 10.2. The molecule has 0 bridgehead atoms. The number of nitrogens with zero attached hydrogens (tertiary/aromatic N) is 3. The van der Waals surface area contributed by atoms with Gasteiger partial charge in [0.2, 0.25) is 11.9 Å². The van der Waals surface area contributed by atoms with Crippen LogP contribution in [0.3, 0.4) is 0 Å². The number of anilines is 1. The van der Waals surface area contributed by atoms with Crippen molar-refractivity contribution in [3.8, 4) is 22.7 Å². The zero-order valence-corrected chi connectivity index (χ0v) is 20.3. The number of carbonyl (C=O) groups is 2. The van der Waals surface area contributed by atoms with Crippen LogP contribution in [-0.2, 0) is 4.79 Å². The summed E-state index contributed by atoms with van der Waals surface area (Å²) in [6.45, 7) is 1.98. The average molecular weight is 481 g/mol. The molecule has 1 aromatic heterocycles. The van der Waals surface area contributed by atoms with Gasteiger partial charge in [-0.25, -0.2) is 4.98 Å². The number of benzene rings is 3. The van der Waals surface area contributed by atoms with Gasteiger partial charge in [-0.1, -0.05) is 42.5 Å². The first-order chi connectivity index (χ1) is 17.5. The van der Waals surface area contributed by atoms with Crippen LogP contribution in [0.5, 0.6) is 5.75 Å². The van der Waals surface area contributed by atoms with E-state index in [4.69, 9.17) is 9.72 Å². The van der Waals surface area contributed by atoms with E-state index in [2.05, 4.69) is 5.32 Å². The van der Waals surface area contributed by atoms with Gasteiger partial charge >= 0.3 is 0 Å². The van der Waals surface area contributed by atoms with E-state index in [0.29, 0.717) is 17.3 Å². The third kappa shape index (κ3) is 5.15. The van der Waals surface area contributed by atoms with Crippen molar-refractivity contribution >= 4 is 17.8 Å². The SMILES string of the molecule is COc1ccc(C(=O)N(CC(=O)Nc2nc(-c3ccccc3)cn2-c2cccc(C)c2)C2CC2)cc1. The van der Waals surface area contributed by atoms with Crippen LogP contribution in [0.15, 0.2) is 85.1 Å². The molecule has 1 fully saturated rings. The van der Waals surface area contributed by atoms with Crippen molar-refractivity contribution in [2.45, 2.75) is 25.8 Å². The van der Waals surface area contributed by atoms with Crippen LogP contribution in [0, 0.1) is 6.92 Å². The van der Waals surface area contributed by atoms with Gasteiger partial charge in [0.1, 0.15) is 12.3 Å². The van der Waals surface area contributed by atoms with Crippen LogP contribution < -0.4 is 10.1 Å². The molecule has 0 radical (unpaired) electrons. The van der Waals surface area contributed by atoms with E-state index in [1.165, 1.54) is 0 Å². The zero-order chi connectivity index (χ0) is 25.1. The van der Waals surface area contributed by atoms with E-state index < -0.39 is 0 Å². The van der Waals surface area contributed by atoms with Crippen LogP contribution in [0.1, 0.15) is 28.8 Å². The molecule has 1 saturated carbocycles. The quantitative estimate of drug-likeness (QED) is 0.381. The van der Waals surface area contributed by atoms with E-state index in [1.54, 1.807) is 36.3 Å². The van der Waals surface area contributed by atoms with Crippen LogP contribution in [0.2, 0.25) is 0 Å². The standard InChI is InChI=1S/C29H28N4O3/c1-20-7-6-10-24(17-20)33-18-26(21-8-4-3-5-9-21)30-29(33)31-27(34)19-32(23-13-14-23)28(35)22-11-15-25(36-2)16-12-22/h3-12,15-18,23H,13-14,19H2,1-2H3,(H,30,31,34). The Kier molecular flexibility index (Phi) is 6.54. The number of rotatable bonds is 8. The summed E-state index contributed by atoms with van der Waals surface area (Å²) in [5.41, 5.74) is 4.23. The molecule has 1 aliphatic rings. The first-order valence-electron chi connectivity index (χ1n) is 12.0. The van der Waals surface area contributed by atoms with Gasteiger partial charge in [-0.3, -0.25) is 19.5 Å². The normalized spacial score (nSPS) is 12.7. The number of imidazole rings is 1. The highest BCUT2D eigenvalue weighted by Crippen LogP contribution is 2.29. The Bertz CT molecular complexity index is 1380. The predicted molar refractivity (Wildman–Crippen MR) is 139 cm³/mol. The summed E-state index contributed by atoms with van der Waals surface area (Å²) in [7, 11) is 1.58. The monoisotopic (exact) mass is 480 g/mol. The van der Waals surface area contributed by atoms with Crippen LogP contribution >= 0.6 is 0 Å². The molecule has 1 N–H and O–H groups in total. The van der Waals surface area contributed by atoms with Crippen molar-refractivity contribution < 1.29 is 14.3 Å². The summed E-state index contributed by atoms with van der Waals surface area (Å²) in [5.74, 6) is 0.641. The molecule has 1 heterocycles. The topological polar surface area (TPSA) is 76.5 Å². The minimum Gasteiger partial charge on any atom is -0.497 e. The lowest BCUT2D eigenvalue weighted by Crippen LogP contribution is -2.39. The number of nitrogens with one attached hydrogen (secondary N) is 1. The fourth-order valence-electron chi connectivity index (χ4n) is 4.16. The van der Waals surface area contributed by atoms with E-state index in [-0.39, 0.29) is 24.4 Å². The minimum atomic E-state index is -0.289. The zero-order valence-electron chi connectivity index (χ0n) is 20.3. The maximum atomic E-state index is 13.2. The van der Waals surface area contributed by atoms with Gasteiger partial charge in [-0.05, 0) is 61.7 Å². The third-order valence-electron chi connectivity index (χ3n) is 6.21. The van der Waals surface area contributed by atoms with Gasteiger partial charge in [0.25, 0.3) is 5.91 Å². The van der Waals surface area contributed by atoms with E-state index in [0.717, 1.165) is 35.3 Å². The number of carbonyl (C=O) groups excluding carboxylic acids is 2. The Hall–Kier alpha value is -4.39. The second-order valence-electron chi connectivity index (χ2n) is 8.97.